The number of ether oxygens (including phenoxy) is 2. The predicted octanol–water partition coefficient (Wildman–Crippen LogP) is 21.3. The smallest absolute Gasteiger partial charge is 0.306 e. The van der Waals surface area contributed by atoms with Crippen molar-refractivity contribution in [3.05, 3.63) is 12.2 Å². The van der Waals surface area contributed by atoms with E-state index in [1.807, 2.05) is 21.1 Å². The molecule has 0 aliphatic carbocycles. The van der Waals surface area contributed by atoms with Crippen LogP contribution in [0.15, 0.2) is 12.2 Å². The summed E-state index contributed by atoms with van der Waals surface area (Å²) in [5.74, 6) is -0.810. The Balaban J connectivity index is 3.85. The summed E-state index contributed by atoms with van der Waals surface area (Å²) in [6.45, 7) is 4.31. The average Bonchev–Trinajstić information content (AvgIpc) is 3.41. The zero-order valence-corrected chi connectivity index (χ0v) is 53.8. The Labute approximate surface area is 486 Å². The molecule has 0 rings (SSSR count). The van der Waals surface area contributed by atoms with Crippen LogP contribution in [0.4, 0.5) is 0 Å². The van der Waals surface area contributed by atoms with Crippen LogP contribution in [0.2, 0.25) is 0 Å². The van der Waals surface area contributed by atoms with Gasteiger partial charge in [0.25, 0.3) is 7.82 Å². The molecule has 0 aromatic rings. The van der Waals surface area contributed by atoms with Crippen molar-refractivity contribution in [2.24, 2.45) is 0 Å². The normalized spacial score (nSPS) is 13.2. The van der Waals surface area contributed by atoms with E-state index in [4.69, 9.17) is 18.5 Å². The number of nitrogens with zero attached hydrogens (tertiary/aromatic N) is 1. The Hall–Kier alpha value is -1.25. The van der Waals surface area contributed by atoms with E-state index in [2.05, 4.69) is 26.0 Å². The third kappa shape index (κ3) is 63.9. The van der Waals surface area contributed by atoms with Gasteiger partial charge in [-0.1, -0.05) is 321 Å². The largest absolute Gasteiger partial charge is 0.756 e. The molecule has 0 aromatic heterocycles. The first kappa shape index (κ1) is 76.8. The number of esters is 2. The number of unbranched alkanes of at least 4 members (excludes halogenated alkanes) is 49. The first-order valence-corrected chi connectivity index (χ1v) is 35.9. The summed E-state index contributed by atoms with van der Waals surface area (Å²) >= 11 is 0. The lowest BCUT2D eigenvalue weighted by molar-refractivity contribution is -0.870. The minimum absolute atomic E-state index is 0.0257. The molecule has 0 radical (unpaired) electrons. The van der Waals surface area contributed by atoms with E-state index >= 15 is 0 Å². The van der Waals surface area contributed by atoms with Crippen molar-refractivity contribution in [2.75, 3.05) is 47.5 Å². The van der Waals surface area contributed by atoms with Crippen LogP contribution in [0.5, 0.6) is 0 Å². The molecule has 0 N–H and O–H groups in total. The van der Waals surface area contributed by atoms with Gasteiger partial charge in [-0.25, -0.2) is 0 Å². The zero-order valence-electron chi connectivity index (χ0n) is 52.9. The average molecular weight is 1120 g/mol. The van der Waals surface area contributed by atoms with Gasteiger partial charge in [0.2, 0.25) is 0 Å². The molecule has 78 heavy (non-hydrogen) atoms. The number of carbonyl (C=O) groups excluding carboxylic acids is 2. The zero-order chi connectivity index (χ0) is 57.0. The molecule has 0 saturated carbocycles. The fraction of sp³-hybridized carbons (Fsp3) is 0.941. The van der Waals surface area contributed by atoms with Crippen molar-refractivity contribution in [3.8, 4) is 0 Å². The molecular weight excluding hydrogens is 990 g/mol. The molecule has 0 aliphatic heterocycles. The second-order valence-electron chi connectivity index (χ2n) is 24.9. The number of allylic oxidation sites excluding steroid dienone is 2. The summed E-state index contributed by atoms with van der Waals surface area (Å²) < 4.78 is 34.2. The van der Waals surface area contributed by atoms with E-state index in [0.29, 0.717) is 17.4 Å². The highest BCUT2D eigenvalue weighted by molar-refractivity contribution is 7.45. The minimum Gasteiger partial charge on any atom is -0.756 e. The van der Waals surface area contributed by atoms with E-state index in [1.165, 1.54) is 295 Å². The maximum Gasteiger partial charge on any atom is 0.306 e. The fourth-order valence-electron chi connectivity index (χ4n) is 10.5. The monoisotopic (exact) mass is 1120 g/mol. The van der Waals surface area contributed by atoms with Crippen molar-refractivity contribution < 1.29 is 42.1 Å². The molecule has 464 valence electrons. The lowest BCUT2D eigenvalue weighted by Gasteiger charge is -2.28. The van der Waals surface area contributed by atoms with Crippen molar-refractivity contribution in [2.45, 2.75) is 367 Å². The number of hydrogen-bond acceptors (Lipinski definition) is 8. The van der Waals surface area contributed by atoms with Gasteiger partial charge in [-0.15, -0.1) is 0 Å². The van der Waals surface area contributed by atoms with E-state index < -0.39 is 26.5 Å². The van der Waals surface area contributed by atoms with Crippen LogP contribution in [-0.2, 0) is 32.7 Å². The lowest BCUT2D eigenvalue weighted by Crippen LogP contribution is -2.37. The molecule has 0 spiro atoms. The van der Waals surface area contributed by atoms with Crippen LogP contribution in [0, 0.1) is 0 Å². The molecule has 0 aromatic carbocycles. The van der Waals surface area contributed by atoms with Gasteiger partial charge in [0.05, 0.1) is 27.7 Å². The Morgan fingerprint density at radius 3 is 0.949 bits per heavy atom. The van der Waals surface area contributed by atoms with Crippen LogP contribution < -0.4 is 4.89 Å². The van der Waals surface area contributed by atoms with Gasteiger partial charge in [0.1, 0.15) is 19.8 Å². The highest BCUT2D eigenvalue weighted by Crippen LogP contribution is 2.38. The quantitative estimate of drug-likeness (QED) is 0.0195. The Bertz CT molecular complexity index is 1320. The molecule has 0 amide bonds. The summed E-state index contributed by atoms with van der Waals surface area (Å²) in [4.78, 5) is 37.9. The van der Waals surface area contributed by atoms with Crippen LogP contribution in [0.1, 0.15) is 361 Å². The highest BCUT2D eigenvalue weighted by atomic mass is 31.2. The molecule has 2 atom stereocenters. The maximum absolute atomic E-state index is 12.8. The topological polar surface area (TPSA) is 111 Å². The van der Waals surface area contributed by atoms with Gasteiger partial charge in [0, 0.05) is 12.8 Å². The first-order valence-electron chi connectivity index (χ1n) is 34.4. The number of hydrogen-bond donors (Lipinski definition) is 0. The Morgan fingerprint density at radius 1 is 0.385 bits per heavy atom. The molecule has 0 saturated heterocycles. The van der Waals surface area contributed by atoms with Crippen molar-refractivity contribution in [1.29, 1.82) is 0 Å². The molecule has 0 heterocycles. The van der Waals surface area contributed by atoms with Gasteiger partial charge in [-0.3, -0.25) is 14.2 Å². The Morgan fingerprint density at radius 2 is 0.654 bits per heavy atom. The second kappa shape index (κ2) is 60.3. The van der Waals surface area contributed by atoms with E-state index in [1.54, 1.807) is 0 Å². The van der Waals surface area contributed by atoms with Gasteiger partial charge >= 0.3 is 11.9 Å². The summed E-state index contributed by atoms with van der Waals surface area (Å²) in [6.07, 6.45) is 73.2. The number of likely N-dealkylation sites (N-methyl/N-ethyl adjacent to an activating group) is 1. The molecule has 0 aliphatic rings. The van der Waals surface area contributed by atoms with Crippen molar-refractivity contribution >= 4 is 19.8 Å². The second-order valence-corrected chi connectivity index (χ2v) is 26.3. The predicted molar refractivity (Wildman–Crippen MR) is 333 cm³/mol. The molecule has 10 heteroatoms. The van der Waals surface area contributed by atoms with Gasteiger partial charge < -0.3 is 27.9 Å². The SMILES string of the molecule is CCCCCCCCCC/C=C\CCCCCCCCCCCCCCCCCCCCCCCCCCCCCC(=O)OC(COC(=O)CCCCCCCCCCCCCCCCC)COP(=O)([O-])OCC[N+](C)(C)C. The third-order valence-corrected chi connectivity index (χ3v) is 16.7. The van der Waals surface area contributed by atoms with Crippen molar-refractivity contribution in [1.82, 2.24) is 0 Å². The van der Waals surface area contributed by atoms with Gasteiger partial charge in [-0.05, 0) is 38.5 Å². The van der Waals surface area contributed by atoms with Crippen LogP contribution in [-0.4, -0.2) is 70.0 Å². The number of quaternary nitrogens is 1. The number of rotatable bonds is 65. The van der Waals surface area contributed by atoms with Crippen LogP contribution >= 0.6 is 7.82 Å². The van der Waals surface area contributed by atoms with E-state index in [9.17, 15) is 19.0 Å². The highest BCUT2D eigenvalue weighted by Gasteiger charge is 2.22. The Kier molecular flexibility index (Phi) is 59.4. The van der Waals surface area contributed by atoms with Crippen molar-refractivity contribution in [3.63, 3.8) is 0 Å². The number of carbonyl (C=O) groups is 2. The summed E-state index contributed by atoms with van der Waals surface area (Å²) in [7, 11) is 1.19. The van der Waals surface area contributed by atoms with E-state index in [-0.39, 0.29) is 32.0 Å². The standard InChI is InChI=1S/C68H134NO8P/c1-6-8-10-12-14-16-18-20-22-23-24-25-26-27-28-29-30-31-32-33-34-35-36-37-38-39-40-41-42-43-44-45-47-49-51-53-55-57-59-61-68(71)77-66(65-76-78(72,73)75-63-62-69(3,4)5)64-74-67(70)60-58-56-54-52-50-48-46-21-19-17-15-13-11-9-7-2/h23-24,66H,6-22,25-65H2,1-5H3/b24-23-. The maximum atomic E-state index is 12.8. The van der Waals surface area contributed by atoms with E-state index in [0.717, 1.165) is 32.1 Å². The molecule has 9 nitrogen and oxygen atoms in total. The summed E-state index contributed by atoms with van der Waals surface area (Å²) in [5, 5.41) is 0. The molecular formula is C68H134NO8P. The van der Waals surface area contributed by atoms with Gasteiger partial charge in [-0.2, -0.15) is 0 Å². The molecule has 0 bridgehead atoms. The third-order valence-electron chi connectivity index (χ3n) is 15.8. The number of phosphoric ester groups is 1. The van der Waals surface area contributed by atoms with Crippen LogP contribution in [0.3, 0.4) is 0 Å². The first-order chi connectivity index (χ1) is 38.0. The summed E-state index contributed by atoms with van der Waals surface area (Å²) in [5.41, 5.74) is 0. The lowest BCUT2D eigenvalue weighted by atomic mass is 10.0. The minimum atomic E-state index is -4.63. The number of phosphoric acid groups is 1. The molecule has 2 unspecified atom stereocenters. The fourth-order valence-corrected chi connectivity index (χ4v) is 11.2. The molecule has 0 fully saturated rings. The summed E-state index contributed by atoms with van der Waals surface area (Å²) in [6, 6.07) is 0. The van der Waals surface area contributed by atoms with Gasteiger partial charge in [0.15, 0.2) is 6.10 Å². The van der Waals surface area contributed by atoms with Crippen LogP contribution in [0.25, 0.3) is 0 Å².